The smallest absolute Gasteiger partial charge is 0.263 e. The molecule has 0 spiro atoms. The number of amides is 2. The first-order valence-corrected chi connectivity index (χ1v) is 10.9. The van der Waals surface area contributed by atoms with Crippen LogP contribution in [0.15, 0.2) is 42.5 Å². The van der Waals surface area contributed by atoms with Gasteiger partial charge in [0.05, 0.1) is 21.5 Å². The summed E-state index contributed by atoms with van der Waals surface area (Å²) < 4.78 is 6.42. The number of hydrogen-bond acceptors (Lipinski definition) is 4. The fourth-order valence-electron chi connectivity index (χ4n) is 2.91. The molecule has 5 nitrogen and oxygen atoms in total. The average Bonchev–Trinajstić information content (AvgIpc) is 2.98. The Kier molecular flexibility index (Phi) is 6.38. The molecule has 0 fully saturated rings. The van der Waals surface area contributed by atoms with Crippen LogP contribution in [0.1, 0.15) is 54.6 Å². The lowest BCUT2D eigenvalue weighted by atomic mass is 10.1. The first kappa shape index (κ1) is 22.1. The Morgan fingerprint density at radius 3 is 2.43 bits per heavy atom. The van der Waals surface area contributed by atoms with E-state index in [1.54, 1.807) is 30.3 Å². The highest BCUT2D eigenvalue weighted by Crippen LogP contribution is 2.39. The van der Waals surface area contributed by atoms with Crippen LogP contribution in [0, 0.1) is 0 Å². The summed E-state index contributed by atoms with van der Waals surface area (Å²) in [6.45, 7) is 9.60. The molecule has 0 bridgehead atoms. The Balaban J connectivity index is 1.91. The molecule has 0 saturated carbocycles. The van der Waals surface area contributed by atoms with Crippen LogP contribution in [0.2, 0.25) is 5.02 Å². The maximum Gasteiger partial charge on any atom is 0.263 e. The number of fused-ring (bicyclic) bond motifs is 1. The molecule has 0 aliphatic carbocycles. The van der Waals surface area contributed by atoms with Crippen molar-refractivity contribution in [3.05, 3.63) is 57.9 Å². The third-order valence-corrected chi connectivity index (χ3v) is 5.81. The fraction of sp³-hybridized carbons (Fsp3) is 0.304. The normalized spacial score (nSPS) is 11.6. The van der Waals surface area contributed by atoms with E-state index in [4.69, 9.17) is 16.3 Å². The summed E-state index contributed by atoms with van der Waals surface area (Å²) in [5.74, 6) is 0.141. The van der Waals surface area contributed by atoms with E-state index in [0.29, 0.717) is 26.9 Å². The highest BCUT2D eigenvalue weighted by molar-refractivity contribution is 7.22. The number of thiophene rings is 1. The molecule has 1 heterocycles. The summed E-state index contributed by atoms with van der Waals surface area (Å²) in [6, 6.07) is 12.5. The first-order chi connectivity index (χ1) is 14.0. The van der Waals surface area contributed by atoms with Crippen molar-refractivity contribution >= 4 is 50.5 Å². The van der Waals surface area contributed by atoms with Crippen molar-refractivity contribution in [2.75, 3.05) is 5.32 Å². The van der Waals surface area contributed by atoms with Crippen molar-refractivity contribution in [1.82, 2.24) is 5.32 Å². The van der Waals surface area contributed by atoms with Gasteiger partial charge in [0.2, 0.25) is 0 Å². The van der Waals surface area contributed by atoms with Crippen molar-refractivity contribution < 1.29 is 14.3 Å². The maximum atomic E-state index is 12.8. The molecule has 0 saturated heterocycles. The van der Waals surface area contributed by atoms with Crippen molar-refractivity contribution in [2.24, 2.45) is 0 Å². The minimum atomic E-state index is -0.378. The first-order valence-electron chi connectivity index (χ1n) is 9.67. The molecule has 2 N–H and O–H groups in total. The molecular weight excluding hydrogens is 420 g/mol. The van der Waals surface area contributed by atoms with Gasteiger partial charge < -0.3 is 15.4 Å². The zero-order chi connectivity index (χ0) is 22.1. The molecule has 1 aromatic heterocycles. The molecular formula is C23H25ClN2O3S. The molecule has 2 aromatic carbocycles. The van der Waals surface area contributed by atoms with Crippen LogP contribution in [0.5, 0.6) is 5.75 Å². The maximum absolute atomic E-state index is 12.8. The van der Waals surface area contributed by atoms with Gasteiger partial charge in [-0.05, 0) is 58.9 Å². The van der Waals surface area contributed by atoms with E-state index in [1.165, 1.54) is 11.3 Å². The van der Waals surface area contributed by atoms with Gasteiger partial charge in [0.1, 0.15) is 10.6 Å². The van der Waals surface area contributed by atoms with E-state index in [2.05, 4.69) is 10.6 Å². The predicted molar refractivity (Wildman–Crippen MR) is 124 cm³/mol. The van der Waals surface area contributed by atoms with Crippen LogP contribution in [-0.4, -0.2) is 23.5 Å². The Bertz CT molecular complexity index is 1100. The Morgan fingerprint density at radius 1 is 1.07 bits per heavy atom. The molecule has 0 unspecified atom stereocenters. The second-order valence-electron chi connectivity index (χ2n) is 8.28. The summed E-state index contributed by atoms with van der Waals surface area (Å²) in [5, 5.41) is 6.99. The van der Waals surface area contributed by atoms with E-state index in [1.807, 2.05) is 46.8 Å². The molecule has 158 valence electrons. The van der Waals surface area contributed by atoms with E-state index < -0.39 is 0 Å². The molecule has 3 rings (SSSR count). The molecule has 0 atom stereocenters. The SMILES string of the molecule is CC(C)Oc1cccc(C(=O)Nc2cccc3c(Cl)c(C(=O)NC(C)(C)C)sc23)c1. The number of rotatable bonds is 5. The number of halogens is 1. The van der Waals surface area contributed by atoms with Crippen LogP contribution in [0.4, 0.5) is 5.69 Å². The van der Waals surface area contributed by atoms with Crippen LogP contribution in [0.3, 0.4) is 0 Å². The van der Waals surface area contributed by atoms with E-state index in [9.17, 15) is 9.59 Å². The summed E-state index contributed by atoms with van der Waals surface area (Å²) in [6.07, 6.45) is 0.0167. The second kappa shape index (κ2) is 8.66. The van der Waals surface area contributed by atoms with Gasteiger partial charge in [-0.25, -0.2) is 0 Å². The number of benzene rings is 2. The third-order valence-electron chi connectivity index (χ3n) is 4.07. The van der Waals surface area contributed by atoms with Crippen LogP contribution < -0.4 is 15.4 Å². The quantitative estimate of drug-likeness (QED) is 0.498. The Hall–Kier alpha value is -2.57. The van der Waals surface area contributed by atoms with Gasteiger partial charge in [0, 0.05) is 16.5 Å². The summed E-state index contributed by atoms with van der Waals surface area (Å²) >= 11 is 7.76. The molecule has 7 heteroatoms. The fourth-order valence-corrected chi connectivity index (χ4v) is 4.38. The van der Waals surface area contributed by atoms with Gasteiger partial charge in [0.25, 0.3) is 11.8 Å². The molecule has 30 heavy (non-hydrogen) atoms. The topological polar surface area (TPSA) is 67.4 Å². The number of carbonyl (C=O) groups is 2. The highest BCUT2D eigenvalue weighted by atomic mass is 35.5. The van der Waals surface area contributed by atoms with Crippen molar-refractivity contribution in [2.45, 2.75) is 46.3 Å². The number of nitrogens with one attached hydrogen (secondary N) is 2. The van der Waals surface area contributed by atoms with Gasteiger partial charge in [-0.2, -0.15) is 0 Å². The second-order valence-corrected chi connectivity index (χ2v) is 9.68. The Labute approximate surface area is 185 Å². The summed E-state index contributed by atoms with van der Waals surface area (Å²) in [7, 11) is 0. The minimum absolute atomic E-state index is 0.0167. The standard InChI is InChI=1S/C23H25ClN2O3S/c1-13(2)29-15-9-6-8-14(12-15)21(27)25-17-11-7-10-16-18(24)20(30-19(16)17)22(28)26-23(3,4)5/h6-13H,1-5H3,(H,25,27)(H,26,28). The van der Waals surface area contributed by atoms with Gasteiger partial charge >= 0.3 is 0 Å². The van der Waals surface area contributed by atoms with E-state index in [0.717, 1.165) is 10.1 Å². The van der Waals surface area contributed by atoms with Crippen molar-refractivity contribution in [3.8, 4) is 5.75 Å². The Morgan fingerprint density at radius 2 is 1.77 bits per heavy atom. The number of anilines is 1. The number of hydrogen-bond donors (Lipinski definition) is 2. The van der Waals surface area contributed by atoms with Crippen LogP contribution in [-0.2, 0) is 0 Å². The summed E-state index contributed by atoms with van der Waals surface area (Å²) in [5.41, 5.74) is 0.712. The van der Waals surface area contributed by atoms with Crippen LogP contribution in [0.25, 0.3) is 10.1 Å². The van der Waals surface area contributed by atoms with Gasteiger partial charge in [-0.3, -0.25) is 9.59 Å². The summed E-state index contributed by atoms with van der Waals surface area (Å²) in [4.78, 5) is 25.9. The lowest BCUT2D eigenvalue weighted by Gasteiger charge is -2.19. The molecule has 3 aromatic rings. The van der Waals surface area contributed by atoms with Gasteiger partial charge in [-0.15, -0.1) is 11.3 Å². The minimum Gasteiger partial charge on any atom is -0.491 e. The average molecular weight is 445 g/mol. The van der Waals surface area contributed by atoms with E-state index >= 15 is 0 Å². The molecule has 2 amide bonds. The lowest BCUT2D eigenvalue weighted by molar-refractivity contribution is 0.0923. The highest BCUT2D eigenvalue weighted by Gasteiger charge is 2.23. The largest absolute Gasteiger partial charge is 0.491 e. The predicted octanol–water partition coefficient (Wildman–Crippen LogP) is 6.12. The lowest BCUT2D eigenvalue weighted by Crippen LogP contribution is -2.40. The monoisotopic (exact) mass is 444 g/mol. The molecule has 0 radical (unpaired) electrons. The third kappa shape index (κ3) is 5.12. The number of ether oxygens (including phenoxy) is 1. The van der Waals surface area contributed by atoms with Crippen LogP contribution >= 0.6 is 22.9 Å². The zero-order valence-corrected chi connectivity index (χ0v) is 19.2. The molecule has 0 aliphatic heterocycles. The van der Waals surface area contributed by atoms with E-state index in [-0.39, 0.29) is 23.5 Å². The molecule has 0 aliphatic rings. The van der Waals surface area contributed by atoms with Gasteiger partial charge in [0.15, 0.2) is 0 Å². The number of carbonyl (C=O) groups excluding carboxylic acids is 2. The van der Waals surface area contributed by atoms with Crippen molar-refractivity contribution in [1.29, 1.82) is 0 Å². The zero-order valence-electron chi connectivity index (χ0n) is 17.6. The van der Waals surface area contributed by atoms with Crippen molar-refractivity contribution in [3.63, 3.8) is 0 Å². The van der Waals surface area contributed by atoms with Gasteiger partial charge in [-0.1, -0.05) is 29.8 Å².